The highest BCUT2D eigenvalue weighted by atomic mass is 14.8. The van der Waals surface area contributed by atoms with Crippen molar-refractivity contribution in [1.82, 2.24) is 5.32 Å². The standard InChI is InChI=1S/C10H16N2/c1-3-4-6-10(2)9-12-8-5-7-11/h3-4,6,12H,5,8-9H2,1-2H3/b4-3-,10-6+. The first-order chi connectivity index (χ1) is 5.81. The van der Waals surface area contributed by atoms with Gasteiger partial charge in [0.05, 0.1) is 6.07 Å². The van der Waals surface area contributed by atoms with E-state index < -0.39 is 0 Å². The summed E-state index contributed by atoms with van der Waals surface area (Å²) in [6.45, 7) is 5.70. The first-order valence-electron chi connectivity index (χ1n) is 4.17. The maximum absolute atomic E-state index is 8.26. The summed E-state index contributed by atoms with van der Waals surface area (Å²) in [5.41, 5.74) is 1.28. The maximum atomic E-state index is 8.26. The molecule has 0 spiro atoms. The fourth-order valence-corrected chi connectivity index (χ4v) is 0.749. The highest BCUT2D eigenvalue weighted by Gasteiger charge is 1.86. The summed E-state index contributed by atoms with van der Waals surface area (Å²) in [6, 6.07) is 2.09. The van der Waals surface area contributed by atoms with Crippen molar-refractivity contribution >= 4 is 0 Å². The maximum Gasteiger partial charge on any atom is 0.0635 e. The molecule has 0 aromatic carbocycles. The molecule has 2 heteroatoms. The van der Waals surface area contributed by atoms with Crippen molar-refractivity contribution in [3.05, 3.63) is 23.8 Å². The molecule has 0 saturated carbocycles. The van der Waals surface area contributed by atoms with Gasteiger partial charge in [0.2, 0.25) is 0 Å². The molecule has 0 atom stereocenters. The number of hydrogen-bond acceptors (Lipinski definition) is 2. The summed E-state index contributed by atoms with van der Waals surface area (Å²) in [4.78, 5) is 0. The van der Waals surface area contributed by atoms with E-state index >= 15 is 0 Å². The second kappa shape index (κ2) is 8.03. The van der Waals surface area contributed by atoms with Crippen LogP contribution in [0.25, 0.3) is 0 Å². The first kappa shape index (κ1) is 10.9. The number of nitrogens with zero attached hydrogens (tertiary/aromatic N) is 1. The van der Waals surface area contributed by atoms with E-state index in [1.54, 1.807) is 0 Å². The van der Waals surface area contributed by atoms with Crippen molar-refractivity contribution in [2.75, 3.05) is 13.1 Å². The van der Waals surface area contributed by atoms with Gasteiger partial charge in [-0.3, -0.25) is 0 Å². The SMILES string of the molecule is C/C=C\C=C(/C)CNCCC#N. The molecule has 12 heavy (non-hydrogen) atoms. The summed E-state index contributed by atoms with van der Waals surface area (Å²) >= 11 is 0. The Morgan fingerprint density at radius 1 is 1.58 bits per heavy atom. The summed E-state index contributed by atoms with van der Waals surface area (Å²) in [7, 11) is 0. The van der Waals surface area contributed by atoms with Crippen LogP contribution in [0.5, 0.6) is 0 Å². The van der Waals surface area contributed by atoms with Gasteiger partial charge >= 0.3 is 0 Å². The molecule has 0 heterocycles. The Hall–Kier alpha value is -1.07. The van der Waals surface area contributed by atoms with E-state index in [4.69, 9.17) is 5.26 Å². The van der Waals surface area contributed by atoms with Gasteiger partial charge in [-0.25, -0.2) is 0 Å². The van der Waals surface area contributed by atoms with Crippen molar-refractivity contribution < 1.29 is 0 Å². The molecular formula is C10H16N2. The van der Waals surface area contributed by atoms with Crippen LogP contribution in [0.2, 0.25) is 0 Å². The molecule has 0 aliphatic rings. The van der Waals surface area contributed by atoms with Gasteiger partial charge in [-0.15, -0.1) is 0 Å². The highest BCUT2D eigenvalue weighted by Crippen LogP contribution is 1.90. The van der Waals surface area contributed by atoms with Crippen LogP contribution in [-0.4, -0.2) is 13.1 Å². The second-order valence-corrected chi connectivity index (χ2v) is 2.62. The Morgan fingerprint density at radius 2 is 2.33 bits per heavy atom. The lowest BCUT2D eigenvalue weighted by molar-refractivity contribution is 0.742. The van der Waals surface area contributed by atoms with E-state index in [9.17, 15) is 0 Å². The largest absolute Gasteiger partial charge is 0.312 e. The average Bonchev–Trinajstić information content (AvgIpc) is 2.09. The quantitative estimate of drug-likeness (QED) is 0.498. The molecule has 0 rings (SSSR count). The predicted octanol–water partition coefficient (Wildman–Crippen LogP) is 2.01. The van der Waals surface area contributed by atoms with Gasteiger partial charge in [0, 0.05) is 19.5 Å². The zero-order valence-corrected chi connectivity index (χ0v) is 7.80. The third-order valence-electron chi connectivity index (χ3n) is 1.39. The Kier molecular flexibility index (Phi) is 7.31. The van der Waals surface area contributed by atoms with Crippen molar-refractivity contribution in [2.45, 2.75) is 20.3 Å². The van der Waals surface area contributed by atoms with Gasteiger partial charge in [-0.2, -0.15) is 5.26 Å². The zero-order valence-electron chi connectivity index (χ0n) is 7.80. The molecule has 0 amide bonds. The van der Waals surface area contributed by atoms with Gasteiger partial charge in [0.25, 0.3) is 0 Å². The molecule has 0 aromatic rings. The smallest absolute Gasteiger partial charge is 0.0635 e. The highest BCUT2D eigenvalue weighted by molar-refractivity contribution is 5.10. The number of rotatable bonds is 5. The summed E-state index contributed by atoms with van der Waals surface area (Å²) in [5.74, 6) is 0. The Morgan fingerprint density at radius 3 is 2.92 bits per heavy atom. The summed E-state index contributed by atoms with van der Waals surface area (Å²) in [6.07, 6.45) is 6.66. The third-order valence-corrected chi connectivity index (χ3v) is 1.39. The van der Waals surface area contributed by atoms with Gasteiger partial charge in [0.15, 0.2) is 0 Å². The van der Waals surface area contributed by atoms with Crippen LogP contribution in [0.4, 0.5) is 0 Å². The van der Waals surface area contributed by atoms with Gasteiger partial charge in [0.1, 0.15) is 0 Å². The van der Waals surface area contributed by atoms with Crippen LogP contribution >= 0.6 is 0 Å². The molecule has 0 radical (unpaired) electrons. The molecule has 0 aromatic heterocycles. The van der Waals surface area contributed by atoms with E-state index in [1.165, 1.54) is 5.57 Å². The summed E-state index contributed by atoms with van der Waals surface area (Å²) < 4.78 is 0. The molecule has 0 unspecified atom stereocenters. The molecular weight excluding hydrogens is 148 g/mol. The van der Waals surface area contributed by atoms with Crippen molar-refractivity contribution in [3.63, 3.8) is 0 Å². The molecule has 0 fully saturated rings. The van der Waals surface area contributed by atoms with Crippen LogP contribution in [0, 0.1) is 11.3 Å². The molecule has 0 aliphatic heterocycles. The Balaban J connectivity index is 3.44. The number of nitrogens with one attached hydrogen (secondary N) is 1. The van der Waals surface area contributed by atoms with Crippen molar-refractivity contribution in [3.8, 4) is 6.07 Å². The normalized spacial score (nSPS) is 11.9. The molecule has 66 valence electrons. The van der Waals surface area contributed by atoms with Crippen LogP contribution in [-0.2, 0) is 0 Å². The first-order valence-corrected chi connectivity index (χ1v) is 4.17. The monoisotopic (exact) mass is 164 g/mol. The van der Waals surface area contributed by atoms with Gasteiger partial charge < -0.3 is 5.32 Å². The van der Waals surface area contributed by atoms with Gasteiger partial charge in [-0.05, 0) is 13.8 Å². The van der Waals surface area contributed by atoms with E-state index in [1.807, 2.05) is 19.1 Å². The Labute approximate surface area is 74.6 Å². The molecule has 0 aliphatic carbocycles. The van der Waals surface area contributed by atoms with Crippen LogP contribution in [0.3, 0.4) is 0 Å². The fraction of sp³-hybridized carbons (Fsp3) is 0.500. The number of allylic oxidation sites excluding steroid dienone is 3. The molecule has 0 saturated heterocycles. The second-order valence-electron chi connectivity index (χ2n) is 2.62. The topological polar surface area (TPSA) is 35.8 Å². The van der Waals surface area contributed by atoms with Crippen molar-refractivity contribution in [2.24, 2.45) is 0 Å². The lowest BCUT2D eigenvalue weighted by atomic mass is 10.2. The van der Waals surface area contributed by atoms with Gasteiger partial charge in [-0.1, -0.05) is 23.8 Å². The lowest BCUT2D eigenvalue weighted by Gasteiger charge is -2.00. The molecule has 2 nitrogen and oxygen atoms in total. The summed E-state index contributed by atoms with van der Waals surface area (Å²) in [5, 5.41) is 11.4. The predicted molar refractivity (Wildman–Crippen MR) is 51.7 cm³/mol. The van der Waals surface area contributed by atoms with Crippen molar-refractivity contribution in [1.29, 1.82) is 5.26 Å². The van der Waals surface area contributed by atoms with E-state index in [-0.39, 0.29) is 0 Å². The van der Waals surface area contributed by atoms with E-state index in [2.05, 4.69) is 24.4 Å². The molecule has 0 bridgehead atoms. The van der Waals surface area contributed by atoms with Crippen LogP contribution < -0.4 is 5.32 Å². The van der Waals surface area contributed by atoms with E-state index in [0.29, 0.717) is 6.42 Å². The average molecular weight is 164 g/mol. The van der Waals surface area contributed by atoms with E-state index in [0.717, 1.165) is 13.1 Å². The number of nitriles is 1. The minimum Gasteiger partial charge on any atom is -0.312 e. The minimum atomic E-state index is 0.580. The minimum absolute atomic E-state index is 0.580. The van der Waals surface area contributed by atoms with Crippen LogP contribution in [0.1, 0.15) is 20.3 Å². The zero-order chi connectivity index (χ0) is 9.23. The van der Waals surface area contributed by atoms with Crippen LogP contribution in [0.15, 0.2) is 23.8 Å². The lowest BCUT2D eigenvalue weighted by Crippen LogP contribution is -2.16. The third kappa shape index (κ3) is 7.04. The fourth-order valence-electron chi connectivity index (χ4n) is 0.749. The molecule has 1 N–H and O–H groups in total. The Bertz CT molecular complexity index is 196. The number of hydrogen-bond donors (Lipinski definition) is 1.